The first-order valence-electron chi connectivity index (χ1n) is 11.7. The zero-order valence-corrected chi connectivity index (χ0v) is 11.6. The summed E-state index contributed by atoms with van der Waals surface area (Å²) in [6.45, 7) is -7.81. The Balaban J connectivity index is 2.57. The van der Waals surface area contributed by atoms with Gasteiger partial charge in [-0.25, -0.2) is 4.39 Å². The lowest BCUT2D eigenvalue weighted by molar-refractivity contribution is -0.118. The van der Waals surface area contributed by atoms with E-state index in [9.17, 15) is 9.18 Å². The molecule has 3 nitrogen and oxygen atoms in total. The molecule has 116 valence electrons. The Kier molecular flexibility index (Phi) is 2.42. The summed E-state index contributed by atoms with van der Waals surface area (Å²) in [5, 5.41) is 1.94. The summed E-state index contributed by atoms with van der Waals surface area (Å²) >= 11 is 0. The molecule has 4 heteroatoms. The first-order chi connectivity index (χ1) is 14.9. The average molecular weight is 312 g/mol. The largest absolute Gasteiger partial charge is 0.489 e. The first kappa shape index (κ1) is 6.92. The Bertz CT molecular complexity index is 1040. The van der Waals surface area contributed by atoms with Crippen LogP contribution in [0.3, 0.4) is 0 Å². The predicted molar refractivity (Wildman–Crippen MR) is 84.2 cm³/mol. The van der Waals surface area contributed by atoms with Gasteiger partial charge < -0.3 is 10.1 Å². The van der Waals surface area contributed by atoms with Crippen molar-refractivity contribution in [3.63, 3.8) is 0 Å². The third kappa shape index (κ3) is 4.97. The number of hydrogen-bond donors (Lipinski definition) is 1. The van der Waals surface area contributed by atoms with Crippen molar-refractivity contribution in [1.29, 1.82) is 0 Å². The molecule has 22 heavy (non-hydrogen) atoms. The van der Waals surface area contributed by atoms with E-state index in [-0.39, 0.29) is 5.56 Å². The maximum atomic E-state index is 13.5. The summed E-state index contributed by atoms with van der Waals surface area (Å²) in [6.07, 6.45) is 0. The highest BCUT2D eigenvalue weighted by molar-refractivity contribution is 5.80. The summed E-state index contributed by atoms with van der Waals surface area (Å²) in [7, 11) is 0. The van der Waals surface area contributed by atoms with E-state index in [0.717, 1.165) is 19.1 Å². The monoisotopic (exact) mass is 312 g/mol. The Morgan fingerprint density at radius 2 is 2.18 bits per heavy atom. The number of hydrogen-bond acceptors (Lipinski definition) is 3. The second kappa shape index (κ2) is 7.71. The van der Waals surface area contributed by atoms with Gasteiger partial charge in [0.25, 0.3) is 0 Å². The van der Waals surface area contributed by atoms with Crippen LogP contribution >= 0.6 is 0 Å². The number of Topliss-reactive ketones (excluding diaryl/α,β-unsaturated/α-hetero) is 1. The van der Waals surface area contributed by atoms with E-state index in [1.54, 1.807) is 0 Å². The van der Waals surface area contributed by atoms with Gasteiger partial charge in [0.2, 0.25) is 0 Å². The second-order valence-electron chi connectivity index (χ2n) is 4.23. The first-order valence-corrected chi connectivity index (χ1v) is 6.24. The Hall–Kier alpha value is -2.20. The average Bonchev–Trinajstić information content (AvgIpc) is 2.67. The molecule has 0 amide bonds. The molecular formula is C18H20FNO2. The Labute approximate surface area is 145 Å². The molecule has 2 rings (SSSR count). The molecule has 0 saturated heterocycles. The van der Waals surface area contributed by atoms with Gasteiger partial charge >= 0.3 is 0 Å². The van der Waals surface area contributed by atoms with E-state index < -0.39 is 73.0 Å². The molecule has 0 unspecified atom stereocenters. The molecule has 0 bridgehead atoms. The van der Waals surface area contributed by atoms with Crippen molar-refractivity contribution >= 4 is 5.78 Å². The van der Waals surface area contributed by atoms with Crippen molar-refractivity contribution in [3.05, 3.63) is 65.4 Å². The number of benzene rings is 2. The van der Waals surface area contributed by atoms with Gasteiger partial charge in [0, 0.05) is 13.4 Å². The highest BCUT2D eigenvalue weighted by atomic mass is 19.1. The summed E-state index contributed by atoms with van der Waals surface area (Å²) < 4.78 is 106. The van der Waals surface area contributed by atoms with Crippen LogP contribution in [0.15, 0.2) is 48.4 Å². The van der Waals surface area contributed by atoms with Crippen molar-refractivity contribution in [2.24, 2.45) is 0 Å². The molecule has 0 aromatic heterocycles. The molecular weight excluding hydrogens is 281 g/mol. The van der Waals surface area contributed by atoms with E-state index in [4.69, 9.17) is 19.8 Å². The number of halogens is 1. The Morgan fingerprint density at radius 1 is 1.41 bits per heavy atom. The van der Waals surface area contributed by atoms with Crippen LogP contribution in [-0.2, 0) is 17.9 Å². The van der Waals surface area contributed by atoms with Crippen LogP contribution in [0.4, 0.5) is 4.39 Å². The highest BCUT2D eigenvalue weighted by Crippen LogP contribution is 2.15. The molecule has 0 aliphatic carbocycles. The van der Waals surface area contributed by atoms with Crippen LogP contribution in [0, 0.1) is 5.82 Å². The summed E-state index contributed by atoms with van der Waals surface area (Å²) in [5.41, 5.74) is -1.20. The van der Waals surface area contributed by atoms with Crippen molar-refractivity contribution in [3.8, 4) is 5.75 Å². The summed E-state index contributed by atoms with van der Waals surface area (Å²) in [4.78, 5) is 11.7. The van der Waals surface area contributed by atoms with E-state index in [1.807, 2.05) is 5.32 Å². The fourth-order valence-electron chi connectivity index (χ4n) is 1.32. The third-order valence-electron chi connectivity index (χ3n) is 2.45. The van der Waals surface area contributed by atoms with Crippen molar-refractivity contribution in [1.82, 2.24) is 5.32 Å². The van der Waals surface area contributed by atoms with Crippen LogP contribution < -0.4 is 10.1 Å². The van der Waals surface area contributed by atoms with Crippen LogP contribution in [0.2, 0.25) is 0 Å². The minimum absolute atomic E-state index is 0.303. The van der Waals surface area contributed by atoms with Gasteiger partial charge in [0.1, 0.15) is 23.9 Å². The van der Waals surface area contributed by atoms with E-state index in [0.29, 0.717) is 0 Å². The maximum absolute atomic E-state index is 13.5. The molecule has 2 aromatic carbocycles. The second-order valence-corrected chi connectivity index (χ2v) is 4.23. The van der Waals surface area contributed by atoms with Gasteiger partial charge in [0.15, 0.2) is 0 Å². The molecule has 1 atom stereocenters. The third-order valence-corrected chi connectivity index (χ3v) is 2.45. The number of carbonyl (C=O) groups is 1. The number of rotatable bonds is 7. The summed E-state index contributed by atoms with van der Waals surface area (Å²) in [5.74, 6) is -2.57. The zero-order valence-electron chi connectivity index (χ0n) is 22.6. The lowest BCUT2D eigenvalue weighted by Crippen LogP contribution is -2.31. The molecule has 0 aliphatic rings. The topological polar surface area (TPSA) is 38.3 Å². The van der Waals surface area contributed by atoms with Gasteiger partial charge in [-0.3, -0.25) is 4.79 Å². The fourth-order valence-corrected chi connectivity index (χ4v) is 1.32. The predicted octanol–water partition coefficient (Wildman–Crippen LogP) is 3.47. The molecule has 0 radical (unpaired) electrons. The van der Waals surface area contributed by atoms with Crippen LogP contribution in [-0.4, -0.2) is 11.8 Å². The van der Waals surface area contributed by atoms with Gasteiger partial charge in [-0.15, -0.1) is 0 Å². The highest BCUT2D eigenvalue weighted by Gasteiger charge is 2.06. The smallest absolute Gasteiger partial charge is 0.146 e. The van der Waals surface area contributed by atoms with Crippen molar-refractivity contribution in [2.45, 2.75) is 32.9 Å². The SMILES string of the molecule is [2H]c1c([2H])c(C([2H])([2H])N[C@H](C(C)=O)C([2H])([2H])[2H])c([2H])c([2H])c1OC([2H])([2H])c1cccc(F)c1. The van der Waals surface area contributed by atoms with Crippen molar-refractivity contribution < 1.29 is 29.0 Å². The van der Waals surface area contributed by atoms with Crippen LogP contribution in [0.25, 0.3) is 0 Å². The number of nitrogens with one attached hydrogen (secondary N) is 1. The minimum atomic E-state index is -3.00. The van der Waals surface area contributed by atoms with Gasteiger partial charge in [-0.2, -0.15) is 0 Å². The molecule has 0 heterocycles. The van der Waals surface area contributed by atoms with Crippen molar-refractivity contribution in [2.75, 3.05) is 0 Å². The number of ketones is 1. The quantitative estimate of drug-likeness (QED) is 0.851. The molecule has 0 saturated carbocycles. The zero-order chi connectivity index (χ0) is 25.5. The number of carbonyl (C=O) groups excluding carboxylic acids is 1. The number of ether oxygens (including phenoxy) is 1. The molecule has 0 spiro atoms. The molecule has 0 fully saturated rings. The molecule has 1 N–H and O–H groups in total. The van der Waals surface area contributed by atoms with E-state index >= 15 is 0 Å². The van der Waals surface area contributed by atoms with Gasteiger partial charge in [-0.1, -0.05) is 24.2 Å². The van der Waals surface area contributed by atoms with Gasteiger partial charge in [0.05, 0.1) is 14.3 Å². The normalized spacial score (nSPS) is 21.1. The fraction of sp³-hybridized carbons (Fsp3) is 0.278. The standard InChI is InChI=1S/C18H20FNO2/c1-13(14(2)21)20-11-15-6-8-18(9-7-15)22-12-16-4-3-5-17(19)10-16/h3-10,13,20H,11-12H2,1-2H3/t13-/m0/s1/i1D3,6D,7D,8D,9D,11D2,12D2. The maximum Gasteiger partial charge on any atom is 0.146 e. The molecule has 0 aliphatic heterocycles. The van der Waals surface area contributed by atoms with E-state index in [1.165, 1.54) is 12.1 Å². The Morgan fingerprint density at radius 3 is 2.82 bits per heavy atom. The van der Waals surface area contributed by atoms with Crippen LogP contribution in [0.1, 0.15) is 40.0 Å². The van der Waals surface area contributed by atoms with E-state index in [2.05, 4.69) is 0 Å². The lowest BCUT2D eigenvalue weighted by Gasteiger charge is -2.11. The lowest BCUT2D eigenvalue weighted by atomic mass is 10.2. The van der Waals surface area contributed by atoms with Crippen LogP contribution in [0.5, 0.6) is 5.75 Å². The summed E-state index contributed by atoms with van der Waals surface area (Å²) in [6, 6.07) is -1.58. The molecule has 2 aromatic rings. The van der Waals surface area contributed by atoms with Gasteiger partial charge in [-0.05, 0) is 49.1 Å². The minimum Gasteiger partial charge on any atom is -0.489 e.